The quantitative estimate of drug-likeness (QED) is 0.0756. The van der Waals surface area contributed by atoms with Gasteiger partial charge in [-0.1, -0.05) is 97.1 Å². The molecule has 10 heteroatoms. The molecule has 1 heterocycles. The maximum absolute atomic E-state index is 14.9. The summed E-state index contributed by atoms with van der Waals surface area (Å²) in [6.45, 7) is 0. The number of carbonyl (C=O) groups excluding carboxylic acids is 3. The average molecular weight is 647 g/mol. The summed E-state index contributed by atoms with van der Waals surface area (Å²) in [5, 5.41) is 27.5. The van der Waals surface area contributed by atoms with Gasteiger partial charge in [0.1, 0.15) is 11.6 Å². The number of amides is 3. The smallest absolute Gasteiger partial charge is 0.249 e. The summed E-state index contributed by atoms with van der Waals surface area (Å²) in [6, 6.07) is 31.4. The number of aromatic hydroxyl groups is 2. The molecular weight excluding hydrogens is 612 g/mol. The second-order valence-electron chi connectivity index (χ2n) is 10.7. The zero-order valence-electron chi connectivity index (χ0n) is 25.6. The van der Waals surface area contributed by atoms with E-state index >= 15 is 0 Å². The Hall–Kier alpha value is -5.74. The number of thiazole rings is 1. The lowest BCUT2D eigenvalue weighted by Gasteiger charge is -2.48. The fraction of sp³-hybridized carbons (Fsp3) is 0.135. The molecule has 0 aliphatic rings. The van der Waals surface area contributed by atoms with Crippen molar-refractivity contribution in [2.45, 2.75) is 24.4 Å². The molecule has 5 aromatic rings. The number of hydrogen-bond donors (Lipinski definition) is 4. The van der Waals surface area contributed by atoms with Crippen LogP contribution in [0, 0.1) is 0 Å². The third-order valence-electron chi connectivity index (χ3n) is 7.79. The average Bonchev–Trinajstić information content (AvgIpc) is 3.62. The van der Waals surface area contributed by atoms with Crippen LogP contribution in [0.1, 0.15) is 35.1 Å². The minimum atomic E-state index is -1.37. The molecule has 0 saturated heterocycles. The van der Waals surface area contributed by atoms with Gasteiger partial charge >= 0.3 is 0 Å². The van der Waals surface area contributed by atoms with Gasteiger partial charge in [-0.15, -0.1) is 11.3 Å². The first-order valence-electron chi connectivity index (χ1n) is 15.0. The lowest BCUT2D eigenvalue weighted by molar-refractivity contribution is -0.140. The van der Waals surface area contributed by atoms with E-state index < -0.39 is 23.4 Å². The predicted molar refractivity (Wildman–Crippen MR) is 183 cm³/mol. The van der Waals surface area contributed by atoms with Crippen LogP contribution in [0.2, 0.25) is 0 Å². The van der Waals surface area contributed by atoms with Crippen LogP contribution in [-0.4, -0.2) is 50.9 Å². The number of aromatic nitrogens is 1. The summed E-state index contributed by atoms with van der Waals surface area (Å²) >= 11 is 1.24. The minimum absolute atomic E-state index is 0.00922. The van der Waals surface area contributed by atoms with Crippen LogP contribution in [-0.2, 0) is 19.9 Å². The van der Waals surface area contributed by atoms with Crippen molar-refractivity contribution in [1.82, 2.24) is 15.2 Å². The highest BCUT2D eigenvalue weighted by molar-refractivity contribution is 7.13. The topological polar surface area (TPSA) is 132 Å². The Labute approximate surface area is 276 Å². The normalized spacial score (nSPS) is 11.9. The molecule has 4 N–H and O–H groups in total. The zero-order chi connectivity index (χ0) is 33.2. The minimum Gasteiger partial charge on any atom is -0.504 e. The first-order valence-corrected chi connectivity index (χ1v) is 15.8. The van der Waals surface area contributed by atoms with Gasteiger partial charge in [0.05, 0.1) is 0 Å². The molecule has 3 amide bonds. The van der Waals surface area contributed by atoms with Crippen LogP contribution >= 0.6 is 11.3 Å². The molecule has 0 bridgehead atoms. The van der Waals surface area contributed by atoms with E-state index in [0.29, 0.717) is 27.4 Å². The molecule has 0 spiro atoms. The Bertz CT molecular complexity index is 1730. The Balaban J connectivity index is 1.80. The van der Waals surface area contributed by atoms with E-state index in [0.717, 1.165) is 0 Å². The molecule has 47 heavy (non-hydrogen) atoms. The number of phenols is 2. The molecule has 5 rings (SSSR count). The summed E-state index contributed by atoms with van der Waals surface area (Å²) in [5.74, 6) is -1.97. The number of hydrogen-bond acceptors (Lipinski definition) is 7. The van der Waals surface area contributed by atoms with Crippen LogP contribution in [0.5, 0.6) is 11.5 Å². The zero-order valence-corrected chi connectivity index (χ0v) is 26.4. The Kier molecular flexibility index (Phi) is 10.4. The molecule has 4 aromatic carbocycles. The monoisotopic (exact) mass is 646 g/mol. The molecule has 9 nitrogen and oxygen atoms in total. The van der Waals surface area contributed by atoms with Crippen molar-refractivity contribution in [3.05, 3.63) is 149 Å². The molecule has 0 aliphatic carbocycles. The summed E-state index contributed by atoms with van der Waals surface area (Å²) in [4.78, 5) is 47.8. The van der Waals surface area contributed by atoms with Crippen LogP contribution in [0.15, 0.2) is 127 Å². The second kappa shape index (κ2) is 15.0. The number of nitrogens with one attached hydrogen (secondary N) is 2. The van der Waals surface area contributed by atoms with E-state index in [9.17, 15) is 24.6 Å². The van der Waals surface area contributed by atoms with E-state index in [4.69, 9.17) is 0 Å². The molecule has 0 aliphatic heterocycles. The number of carbonyl (C=O) groups is 3. The molecule has 1 atom stereocenters. The summed E-state index contributed by atoms with van der Waals surface area (Å²) in [5.41, 5.74) is 1.23. The third kappa shape index (κ3) is 7.23. The maximum Gasteiger partial charge on any atom is 0.249 e. The lowest BCUT2D eigenvalue weighted by Crippen LogP contribution is -2.59. The van der Waals surface area contributed by atoms with E-state index in [1.807, 2.05) is 91.0 Å². The van der Waals surface area contributed by atoms with Gasteiger partial charge in [0.25, 0.3) is 0 Å². The van der Waals surface area contributed by atoms with Gasteiger partial charge in [0, 0.05) is 31.1 Å². The van der Waals surface area contributed by atoms with Crippen molar-refractivity contribution >= 4 is 40.3 Å². The van der Waals surface area contributed by atoms with Crippen LogP contribution in [0.25, 0.3) is 6.08 Å². The highest BCUT2D eigenvalue weighted by atomic mass is 32.1. The third-order valence-corrected chi connectivity index (χ3v) is 8.48. The fourth-order valence-corrected chi connectivity index (χ4v) is 6.18. The molecule has 1 aromatic heterocycles. The lowest BCUT2D eigenvalue weighted by atomic mass is 9.74. The van der Waals surface area contributed by atoms with Gasteiger partial charge in [-0.05, 0) is 46.9 Å². The molecule has 0 unspecified atom stereocenters. The van der Waals surface area contributed by atoms with Crippen molar-refractivity contribution in [2.24, 2.45) is 0 Å². The SMILES string of the molecule is CNC(=O)CC[C@@H](C(=O)Nc1nccs1)N(C(=O)C=Cc1ccc(O)c(O)c1)C(c1ccccc1)(c1ccccc1)c1ccccc1. The highest BCUT2D eigenvalue weighted by Crippen LogP contribution is 2.44. The summed E-state index contributed by atoms with van der Waals surface area (Å²) < 4.78 is 0. The number of benzene rings is 4. The first-order chi connectivity index (χ1) is 22.8. The number of nitrogens with zero attached hydrogens (tertiary/aromatic N) is 2. The number of phenolic OH excluding ortho intramolecular Hbond substituents is 2. The largest absolute Gasteiger partial charge is 0.504 e. The van der Waals surface area contributed by atoms with Crippen LogP contribution < -0.4 is 10.6 Å². The number of anilines is 1. The van der Waals surface area contributed by atoms with Crippen molar-refractivity contribution in [3.8, 4) is 11.5 Å². The highest BCUT2D eigenvalue weighted by Gasteiger charge is 2.49. The summed E-state index contributed by atoms with van der Waals surface area (Å²) in [6.07, 6.45) is 4.36. The molecule has 238 valence electrons. The molecular formula is C37H34N4O5S. The second-order valence-corrected chi connectivity index (χ2v) is 11.5. The van der Waals surface area contributed by atoms with Crippen LogP contribution in [0.4, 0.5) is 5.13 Å². The summed E-state index contributed by atoms with van der Waals surface area (Å²) in [7, 11) is 1.52. The molecule has 0 radical (unpaired) electrons. The molecule has 0 saturated carbocycles. The van der Waals surface area contributed by atoms with E-state index in [2.05, 4.69) is 15.6 Å². The van der Waals surface area contributed by atoms with Gasteiger partial charge in [-0.2, -0.15) is 0 Å². The Morgan fingerprint density at radius 3 is 1.91 bits per heavy atom. The first kappa shape index (κ1) is 32.6. The van der Waals surface area contributed by atoms with Crippen molar-refractivity contribution in [1.29, 1.82) is 0 Å². The van der Waals surface area contributed by atoms with Gasteiger partial charge in [-0.3, -0.25) is 14.4 Å². The fourth-order valence-electron chi connectivity index (χ4n) is 5.64. The maximum atomic E-state index is 14.9. The van der Waals surface area contributed by atoms with Gasteiger partial charge < -0.3 is 25.7 Å². The van der Waals surface area contributed by atoms with E-state index in [-0.39, 0.29) is 30.2 Å². The molecule has 0 fully saturated rings. The van der Waals surface area contributed by atoms with Crippen molar-refractivity contribution in [2.75, 3.05) is 12.4 Å². The van der Waals surface area contributed by atoms with Crippen molar-refractivity contribution in [3.63, 3.8) is 0 Å². The predicted octanol–water partition coefficient (Wildman–Crippen LogP) is 5.92. The Morgan fingerprint density at radius 2 is 1.43 bits per heavy atom. The van der Waals surface area contributed by atoms with Crippen molar-refractivity contribution < 1.29 is 24.6 Å². The van der Waals surface area contributed by atoms with E-state index in [1.54, 1.807) is 17.6 Å². The Morgan fingerprint density at radius 1 is 0.851 bits per heavy atom. The standard InChI is InChI=1S/C37H34N4O5S/c1-38-33(44)21-19-30(35(46)40-36-39-23-24-47-36)41(34(45)22-18-26-17-20-31(42)32(43)25-26)37(27-11-5-2-6-12-27,28-13-7-3-8-14-28)29-15-9-4-10-16-29/h2-18,20,22-25,30,42-43H,19,21H2,1H3,(H,38,44)(H,39,40,46)/t30-/m0/s1. The van der Waals surface area contributed by atoms with Gasteiger partial charge in [0.15, 0.2) is 16.6 Å². The van der Waals surface area contributed by atoms with Crippen LogP contribution in [0.3, 0.4) is 0 Å². The van der Waals surface area contributed by atoms with Gasteiger partial charge in [0.2, 0.25) is 17.7 Å². The van der Waals surface area contributed by atoms with Gasteiger partial charge in [-0.25, -0.2) is 4.98 Å². The number of rotatable bonds is 12. The van der Waals surface area contributed by atoms with E-state index in [1.165, 1.54) is 47.6 Å².